The number of hydrogen-bond donors (Lipinski definition) is 3. The van der Waals surface area contributed by atoms with Gasteiger partial charge in [0.25, 0.3) is 0 Å². The highest BCUT2D eigenvalue weighted by Crippen LogP contribution is 2.28. The number of nitrogens with one attached hydrogen (secondary N) is 1. The lowest BCUT2D eigenvalue weighted by Gasteiger charge is -2.12. The number of phenolic OH excluding ortho intramolecular Hbond substituents is 1. The van der Waals surface area contributed by atoms with E-state index >= 15 is 0 Å². The van der Waals surface area contributed by atoms with Gasteiger partial charge in [-0.2, -0.15) is 0 Å². The van der Waals surface area contributed by atoms with E-state index in [0.29, 0.717) is 5.70 Å². The first-order valence-electron chi connectivity index (χ1n) is 4.33. The van der Waals surface area contributed by atoms with Crippen molar-refractivity contribution >= 4 is 0 Å². The average molecular weight is 192 g/mol. The third-order valence-electron chi connectivity index (χ3n) is 2.27. The van der Waals surface area contributed by atoms with E-state index in [-0.39, 0.29) is 17.9 Å². The van der Waals surface area contributed by atoms with E-state index in [4.69, 9.17) is 15.7 Å². The fourth-order valence-electron chi connectivity index (χ4n) is 1.40. The van der Waals surface area contributed by atoms with Crippen LogP contribution in [0, 0.1) is 0 Å². The summed E-state index contributed by atoms with van der Waals surface area (Å²) in [6.45, 7) is 3.72. The molecule has 4 nitrogen and oxygen atoms in total. The molecule has 0 aromatic heterocycles. The van der Waals surface area contributed by atoms with Gasteiger partial charge in [0, 0.05) is 0 Å². The van der Waals surface area contributed by atoms with E-state index < -0.39 is 0 Å². The zero-order valence-electron chi connectivity index (χ0n) is 7.60. The predicted molar refractivity (Wildman–Crippen MR) is 52.2 cm³/mol. The lowest BCUT2D eigenvalue weighted by molar-refractivity contribution is 0.0344. The molecule has 0 amide bonds. The van der Waals surface area contributed by atoms with Gasteiger partial charge in [-0.3, -0.25) is 10.3 Å². The van der Waals surface area contributed by atoms with E-state index in [2.05, 4.69) is 12.1 Å². The van der Waals surface area contributed by atoms with Crippen LogP contribution in [0.2, 0.25) is 0 Å². The Kier molecular flexibility index (Phi) is 2.15. The average Bonchev–Trinajstić information content (AvgIpc) is 2.50. The Bertz CT molecular complexity index is 348. The van der Waals surface area contributed by atoms with E-state index in [0.717, 1.165) is 5.56 Å². The third kappa shape index (κ3) is 1.45. The van der Waals surface area contributed by atoms with Crippen molar-refractivity contribution in [2.75, 3.05) is 0 Å². The molecule has 2 rings (SSSR count). The summed E-state index contributed by atoms with van der Waals surface area (Å²) in [7, 11) is 0. The molecule has 1 aliphatic heterocycles. The molecule has 1 saturated heterocycles. The van der Waals surface area contributed by atoms with Crippen LogP contribution in [-0.4, -0.2) is 11.1 Å². The van der Waals surface area contributed by atoms with Crippen molar-refractivity contribution in [1.29, 1.82) is 0 Å². The van der Waals surface area contributed by atoms with Crippen molar-refractivity contribution in [2.24, 2.45) is 5.73 Å². The van der Waals surface area contributed by atoms with Crippen LogP contribution in [0.4, 0.5) is 0 Å². The standard InChI is InChI=1S/C10H12N2O2/c1-6-9(11)10(14-12-6)7-2-4-8(13)5-3-7/h2-5,9-10,12-13H,1,11H2. The minimum atomic E-state index is -0.250. The molecule has 0 saturated carbocycles. The van der Waals surface area contributed by atoms with Gasteiger partial charge in [0.2, 0.25) is 0 Å². The molecular weight excluding hydrogens is 180 g/mol. The lowest BCUT2D eigenvalue weighted by atomic mass is 10.0. The lowest BCUT2D eigenvalue weighted by Crippen LogP contribution is -2.25. The number of hydrogen-bond acceptors (Lipinski definition) is 4. The Morgan fingerprint density at radius 3 is 2.50 bits per heavy atom. The minimum Gasteiger partial charge on any atom is -0.508 e. The van der Waals surface area contributed by atoms with E-state index in [1.54, 1.807) is 24.3 Å². The van der Waals surface area contributed by atoms with Gasteiger partial charge in [0.15, 0.2) is 0 Å². The normalized spacial score (nSPS) is 26.2. The molecule has 2 unspecified atom stereocenters. The maximum atomic E-state index is 9.11. The first kappa shape index (κ1) is 9.05. The second-order valence-corrected chi connectivity index (χ2v) is 3.28. The van der Waals surface area contributed by atoms with Crippen molar-refractivity contribution < 1.29 is 9.94 Å². The maximum absolute atomic E-state index is 9.11. The van der Waals surface area contributed by atoms with Crippen LogP contribution in [0.5, 0.6) is 5.75 Å². The summed E-state index contributed by atoms with van der Waals surface area (Å²) >= 11 is 0. The van der Waals surface area contributed by atoms with Gasteiger partial charge in [-0.05, 0) is 17.7 Å². The first-order chi connectivity index (χ1) is 6.68. The Hall–Kier alpha value is -1.52. The molecule has 0 radical (unpaired) electrons. The van der Waals surface area contributed by atoms with Gasteiger partial charge >= 0.3 is 0 Å². The highest BCUT2D eigenvalue weighted by atomic mass is 16.7. The number of phenols is 1. The molecule has 14 heavy (non-hydrogen) atoms. The van der Waals surface area contributed by atoms with Gasteiger partial charge in [-0.15, -0.1) is 0 Å². The second kappa shape index (κ2) is 3.32. The summed E-state index contributed by atoms with van der Waals surface area (Å²) in [6.07, 6.45) is -0.233. The van der Waals surface area contributed by atoms with Crippen LogP contribution < -0.4 is 11.2 Å². The predicted octanol–water partition coefficient (Wildman–Crippen LogP) is 0.809. The van der Waals surface area contributed by atoms with Crippen molar-refractivity contribution in [3.8, 4) is 5.75 Å². The third-order valence-corrected chi connectivity index (χ3v) is 2.27. The second-order valence-electron chi connectivity index (χ2n) is 3.28. The van der Waals surface area contributed by atoms with Crippen molar-refractivity contribution in [3.05, 3.63) is 42.1 Å². The van der Waals surface area contributed by atoms with Crippen LogP contribution >= 0.6 is 0 Å². The maximum Gasteiger partial charge on any atom is 0.131 e. The zero-order valence-corrected chi connectivity index (χ0v) is 7.60. The van der Waals surface area contributed by atoms with Crippen molar-refractivity contribution in [2.45, 2.75) is 12.1 Å². The molecule has 1 fully saturated rings. The van der Waals surface area contributed by atoms with Crippen LogP contribution in [0.15, 0.2) is 36.5 Å². The largest absolute Gasteiger partial charge is 0.508 e. The highest BCUT2D eigenvalue weighted by Gasteiger charge is 2.29. The Morgan fingerprint density at radius 2 is 2.00 bits per heavy atom. The quantitative estimate of drug-likeness (QED) is 0.616. The summed E-state index contributed by atoms with van der Waals surface area (Å²) in [4.78, 5) is 5.25. The first-order valence-corrected chi connectivity index (χ1v) is 4.33. The molecular formula is C10H12N2O2. The SMILES string of the molecule is C=C1NOC(c2ccc(O)cc2)C1N. The highest BCUT2D eigenvalue weighted by molar-refractivity contribution is 5.30. The van der Waals surface area contributed by atoms with Crippen LogP contribution in [0.3, 0.4) is 0 Å². The topological polar surface area (TPSA) is 67.5 Å². The number of aromatic hydroxyl groups is 1. The summed E-state index contributed by atoms with van der Waals surface area (Å²) in [5, 5.41) is 9.11. The van der Waals surface area contributed by atoms with Crippen molar-refractivity contribution in [1.82, 2.24) is 5.48 Å². The number of nitrogens with two attached hydrogens (primary N) is 1. The van der Waals surface area contributed by atoms with E-state index in [1.165, 1.54) is 0 Å². The summed E-state index contributed by atoms with van der Waals surface area (Å²) < 4.78 is 0. The molecule has 74 valence electrons. The van der Waals surface area contributed by atoms with Gasteiger partial charge in [0.05, 0.1) is 11.7 Å². The Morgan fingerprint density at radius 1 is 1.36 bits per heavy atom. The molecule has 4 heteroatoms. The molecule has 1 heterocycles. The van der Waals surface area contributed by atoms with Crippen LogP contribution in [-0.2, 0) is 4.84 Å². The zero-order chi connectivity index (χ0) is 10.1. The Balaban J connectivity index is 2.23. The van der Waals surface area contributed by atoms with Gasteiger partial charge in [0.1, 0.15) is 11.9 Å². The van der Waals surface area contributed by atoms with Gasteiger partial charge < -0.3 is 10.8 Å². The smallest absolute Gasteiger partial charge is 0.131 e. The molecule has 2 atom stereocenters. The molecule has 0 aliphatic carbocycles. The monoisotopic (exact) mass is 192 g/mol. The molecule has 0 bridgehead atoms. The molecule has 1 aromatic carbocycles. The molecule has 1 aromatic rings. The minimum absolute atomic E-state index is 0.229. The summed E-state index contributed by atoms with van der Waals surface area (Å²) in [5.74, 6) is 0.229. The molecule has 0 spiro atoms. The summed E-state index contributed by atoms with van der Waals surface area (Å²) in [5.41, 5.74) is 10.1. The van der Waals surface area contributed by atoms with Crippen molar-refractivity contribution in [3.63, 3.8) is 0 Å². The van der Waals surface area contributed by atoms with Crippen LogP contribution in [0.1, 0.15) is 11.7 Å². The molecule has 4 N–H and O–H groups in total. The van der Waals surface area contributed by atoms with Gasteiger partial charge in [-0.25, -0.2) is 0 Å². The Labute approximate surface area is 81.9 Å². The summed E-state index contributed by atoms with van der Waals surface area (Å²) in [6, 6.07) is 6.51. The number of benzene rings is 1. The number of rotatable bonds is 1. The molecule has 1 aliphatic rings. The van der Waals surface area contributed by atoms with Gasteiger partial charge in [-0.1, -0.05) is 18.7 Å². The van der Waals surface area contributed by atoms with E-state index in [1.807, 2.05) is 0 Å². The fourth-order valence-corrected chi connectivity index (χ4v) is 1.40. The number of hydroxylamine groups is 1. The van der Waals surface area contributed by atoms with E-state index in [9.17, 15) is 0 Å². The van der Waals surface area contributed by atoms with Crippen LogP contribution in [0.25, 0.3) is 0 Å². The fraction of sp³-hybridized carbons (Fsp3) is 0.200.